The Bertz CT molecular complexity index is 970. The van der Waals surface area contributed by atoms with E-state index in [9.17, 15) is 5.11 Å². The zero-order chi connectivity index (χ0) is 30.4. The van der Waals surface area contributed by atoms with E-state index < -0.39 is 0 Å². The largest absolute Gasteiger partial charge is 0.391 e. The normalized spacial score (nSPS) is 46.2. The van der Waals surface area contributed by atoms with Crippen LogP contribution in [0.25, 0.3) is 0 Å². The van der Waals surface area contributed by atoms with Gasteiger partial charge in [0, 0.05) is 24.2 Å². The Balaban J connectivity index is 1.37. The molecule has 5 N–H and O–H groups in total. The van der Waals surface area contributed by atoms with Gasteiger partial charge in [-0.15, -0.1) is 0 Å². The van der Waals surface area contributed by atoms with E-state index in [4.69, 9.17) is 0 Å². The van der Waals surface area contributed by atoms with Crippen LogP contribution in [0.2, 0.25) is 0 Å². The average molecular weight is 587 g/mol. The lowest BCUT2D eigenvalue weighted by Crippen LogP contribution is -2.66. The first-order chi connectivity index (χ1) is 19.4. The SMILES string of the molecule is CC(C)(C)CC(C)(C)C1CC2CC3CC4NN(NC4C(C(C)(C)CC(C)(C)C)C3)C3C(O)CCCC3N3NC(C2)C1N3. The number of fused-ring (bicyclic) bond motifs is 7. The van der Waals surface area contributed by atoms with E-state index in [1.807, 2.05) is 0 Å². The van der Waals surface area contributed by atoms with Gasteiger partial charge in [0.2, 0.25) is 0 Å². The van der Waals surface area contributed by atoms with Crippen LogP contribution in [0.1, 0.15) is 133 Å². The predicted octanol–water partition coefficient (Wildman–Crippen LogP) is 5.77. The lowest BCUT2D eigenvalue weighted by Gasteiger charge is -2.50. The van der Waals surface area contributed by atoms with Gasteiger partial charge in [0.15, 0.2) is 0 Å². The highest BCUT2D eigenvalue weighted by molar-refractivity contribution is 5.09. The van der Waals surface area contributed by atoms with E-state index in [1.54, 1.807) is 0 Å². The van der Waals surface area contributed by atoms with Crippen LogP contribution in [-0.2, 0) is 0 Å². The number of hydrogen-bond acceptors (Lipinski definition) is 7. The first-order valence-corrected chi connectivity index (χ1v) is 17.7. The topological polar surface area (TPSA) is 74.8 Å². The van der Waals surface area contributed by atoms with E-state index >= 15 is 0 Å². The molecule has 6 fully saturated rings. The lowest BCUT2D eigenvalue weighted by atomic mass is 9.57. The molecule has 13 unspecified atom stereocenters. The highest BCUT2D eigenvalue weighted by Gasteiger charge is 2.56. The molecule has 3 saturated heterocycles. The van der Waals surface area contributed by atoms with Gasteiger partial charge in [0.05, 0.1) is 18.2 Å². The Hall–Kier alpha value is -0.280. The Morgan fingerprint density at radius 3 is 1.57 bits per heavy atom. The second kappa shape index (κ2) is 10.9. The summed E-state index contributed by atoms with van der Waals surface area (Å²) < 4.78 is 0. The van der Waals surface area contributed by atoms with Crippen LogP contribution in [0.4, 0.5) is 0 Å². The van der Waals surface area contributed by atoms with Crippen molar-refractivity contribution in [3.8, 4) is 0 Å². The van der Waals surface area contributed by atoms with Crippen LogP contribution in [0.15, 0.2) is 0 Å². The minimum Gasteiger partial charge on any atom is -0.391 e. The van der Waals surface area contributed by atoms with Gasteiger partial charge in [-0.2, -0.15) is 10.2 Å². The first kappa shape index (κ1) is 31.7. The summed E-state index contributed by atoms with van der Waals surface area (Å²) in [7, 11) is 0. The molecule has 42 heavy (non-hydrogen) atoms. The molecule has 0 amide bonds. The molecule has 0 spiro atoms. The van der Waals surface area contributed by atoms with Gasteiger partial charge in [0.25, 0.3) is 0 Å². The van der Waals surface area contributed by atoms with Gasteiger partial charge in [-0.3, -0.25) is 0 Å². The molecule has 13 atom stereocenters. The highest BCUT2D eigenvalue weighted by atomic mass is 16.3. The fraction of sp³-hybridized carbons (Fsp3) is 1.00. The van der Waals surface area contributed by atoms with E-state index in [-0.39, 0.29) is 29.0 Å². The predicted molar refractivity (Wildman–Crippen MR) is 172 cm³/mol. The van der Waals surface area contributed by atoms with E-state index in [1.165, 1.54) is 44.9 Å². The maximum atomic E-state index is 11.6. The summed E-state index contributed by atoms with van der Waals surface area (Å²) in [4.78, 5) is 0. The molecule has 7 heteroatoms. The summed E-state index contributed by atoms with van der Waals surface area (Å²) in [5.74, 6) is 2.75. The van der Waals surface area contributed by atoms with Crippen molar-refractivity contribution in [2.24, 2.45) is 45.3 Å². The van der Waals surface area contributed by atoms with Crippen molar-refractivity contribution in [3.05, 3.63) is 0 Å². The average Bonchev–Trinajstić information content (AvgIpc) is 3.43. The number of nitrogens with zero attached hydrogens (tertiary/aromatic N) is 2. The molecule has 242 valence electrons. The summed E-state index contributed by atoms with van der Waals surface area (Å²) >= 11 is 0. The van der Waals surface area contributed by atoms with Crippen molar-refractivity contribution in [3.63, 3.8) is 0 Å². The van der Waals surface area contributed by atoms with Crippen molar-refractivity contribution in [2.75, 3.05) is 0 Å². The van der Waals surface area contributed by atoms with Gasteiger partial charge in [0.1, 0.15) is 0 Å². The molecule has 0 aromatic carbocycles. The molecule has 3 saturated carbocycles. The third kappa shape index (κ3) is 6.24. The van der Waals surface area contributed by atoms with Crippen LogP contribution < -0.4 is 21.7 Å². The standard InChI is InChI=1S/C35H66N6O/c1-32(2,3)19-34(7,8)23-15-21-14-22-16-24(35(9,10)20-33(4,5)6)30-26(18-22)37-41(39-30)31-27(12-11-13-28(31)42)40-36-25(17-21)29(23)38-40/h21-31,36-39,42H,11-20H2,1-10H3. The molecular weight excluding hydrogens is 520 g/mol. The molecule has 0 radical (unpaired) electrons. The summed E-state index contributed by atoms with van der Waals surface area (Å²) in [6.07, 6.45) is 11.7. The summed E-state index contributed by atoms with van der Waals surface area (Å²) in [5.41, 5.74) is 17.3. The fourth-order valence-corrected chi connectivity index (χ4v) is 11.7. The maximum absolute atomic E-state index is 11.6. The number of rotatable bonds is 4. The summed E-state index contributed by atoms with van der Waals surface area (Å²) in [6, 6.07) is 1.97. The Morgan fingerprint density at radius 1 is 0.595 bits per heavy atom. The minimum atomic E-state index is -0.349. The molecule has 6 aliphatic rings. The van der Waals surface area contributed by atoms with Gasteiger partial charge in [-0.25, -0.2) is 21.7 Å². The second-order valence-electron chi connectivity index (χ2n) is 19.7. The number of nitrogens with one attached hydrogen (secondary N) is 4. The molecule has 3 heterocycles. The molecular formula is C35H66N6O. The van der Waals surface area contributed by atoms with Crippen LogP contribution in [0, 0.1) is 45.3 Å². The molecule has 3 aliphatic carbocycles. The van der Waals surface area contributed by atoms with Crippen molar-refractivity contribution >= 4 is 0 Å². The number of hydrazine groups is 4. The number of aliphatic hydroxyl groups excluding tert-OH is 1. The van der Waals surface area contributed by atoms with Crippen molar-refractivity contribution in [1.82, 2.24) is 31.9 Å². The molecule has 0 aromatic heterocycles. The molecule has 6 rings (SSSR count). The number of hydrogen-bond donors (Lipinski definition) is 5. The third-order valence-corrected chi connectivity index (χ3v) is 12.3. The van der Waals surface area contributed by atoms with Crippen molar-refractivity contribution in [1.29, 1.82) is 0 Å². The van der Waals surface area contributed by atoms with Crippen LogP contribution in [0.3, 0.4) is 0 Å². The first-order valence-electron chi connectivity index (χ1n) is 17.7. The van der Waals surface area contributed by atoms with E-state index in [0.717, 1.165) is 31.1 Å². The van der Waals surface area contributed by atoms with Gasteiger partial charge >= 0.3 is 0 Å². The monoisotopic (exact) mass is 587 g/mol. The molecule has 6 bridgehead atoms. The molecule has 7 nitrogen and oxygen atoms in total. The zero-order valence-corrected chi connectivity index (χ0v) is 28.8. The maximum Gasteiger partial charge on any atom is 0.0842 e. The smallest absolute Gasteiger partial charge is 0.0842 e. The molecule has 0 aromatic rings. The Labute approximate surface area is 258 Å². The van der Waals surface area contributed by atoms with Crippen LogP contribution in [0.5, 0.6) is 0 Å². The Morgan fingerprint density at radius 2 is 1.07 bits per heavy atom. The highest BCUT2D eigenvalue weighted by Crippen LogP contribution is 2.53. The van der Waals surface area contributed by atoms with Crippen LogP contribution in [-0.4, -0.2) is 57.7 Å². The van der Waals surface area contributed by atoms with Gasteiger partial charge in [-0.1, -0.05) is 69.2 Å². The van der Waals surface area contributed by atoms with Gasteiger partial charge in [-0.05, 0) is 110 Å². The number of aliphatic hydroxyl groups is 1. The quantitative estimate of drug-likeness (QED) is 0.286. The zero-order valence-electron chi connectivity index (χ0n) is 28.8. The van der Waals surface area contributed by atoms with E-state index in [0.29, 0.717) is 46.8 Å². The van der Waals surface area contributed by atoms with Crippen molar-refractivity contribution in [2.45, 2.75) is 176 Å². The summed E-state index contributed by atoms with van der Waals surface area (Å²) in [5, 5.41) is 16.3. The van der Waals surface area contributed by atoms with Gasteiger partial charge < -0.3 is 5.11 Å². The minimum absolute atomic E-state index is 0.00640. The van der Waals surface area contributed by atoms with Crippen molar-refractivity contribution < 1.29 is 5.11 Å². The fourth-order valence-electron chi connectivity index (χ4n) is 11.7. The van der Waals surface area contributed by atoms with Crippen LogP contribution >= 0.6 is 0 Å². The Kier molecular flexibility index (Phi) is 8.24. The summed E-state index contributed by atoms with van der Waals surface area (Å²) in [6.45, 7) is 24.7. The second-order valence-corrected chi connectivity index (χ2v) is 19.7. The van der Waals surface area contributed by atoms with E-state index in [2.05, 4.69) is 101 Å². The lowest BCUT2D eigenvalue weighted by molar-refractivity contribution is -0.0877. The third-order valence-electron chi connectivity index (χ3n) is 12.3. The molecule has 3 aliphatic heterocycles.